The van der Waals surface area contributed by atoms with Crippen molar-refractivity contribution in [2.75, 3.05) is 0 Å². The van der Waals surface area contributed by atoms with Crippen LogP contribution in [0.3, 0.4) is 0 Å². The number of benzene rings is 1. The third-order valence-electron chi connectivity index (χ3n) is 2.16. The molecule has 0 saturated carbocycles. The van der Waals surface area contributed by atoms with E-state index in [-0.39, 0.29) is 15.6 Å². The number of halogens is 3. The molecular formula is C11H13Cl3N2O. The molecule has 94 valence electrons. The van der Waals surface area contributed by atoms with Gasteiger partial charge in [-0.1, -0.05) is 34.8 Å². The number of nitrogens with two attached hydrogens (primary N) is 1. The van der Waals surface area contributed by atoms with Crippen molar-refractivity contribution in [3.8, 4) is 0 Å². The van der Waals surface area contributed by atoms with Crippen LogP contribution in [0.15, 0.2) is 12.1 Å². The van der Waals surface area contributed by atoms with Gasteiger partial charge in [-0.2, -0.15) is 0 Å². The highest BCUT2D eigenvalue weighted by atomic mass is 35.5. The van der Waals surface area contributed by atoms with Crippen LogP contribution in [0.5, 0.6) is 0 Å². The van der Waals surface area contributed by atoms with Crippen molar-refractivity contribution < 1.29 is 4.79 Å². The summed E-state index contributed by atoms with van der Waals surface area (Å²) in [5.41, 5.74) is -0.323. The molecular weight excluding hydrogens is 282 g/mol. The Morgan fingerprint density at radius 2 is 1.76 bits per heavy atom. The molecule has 0 aromatic heterocycles. The van der Waals surface area contributed by atoms with Crippen LogP contribution in [-0.2, 0) is 0 Å². The van der Waals surface area contributed by atoms with Gasteiger partial charge < -0.3 is 0 Å². The number of hydrogen-bond acceptors (Lipinski definition) is 2. The summed E-state index contributed by atoms with van der Waals surface area (Å²) in [6, 6.07) is 2.92. The summed E-state index contributed by atoms with van der Waals surface area (Å²) in [5, 5.41) is 1.82. The van der Waals surface area contributed by atoms with Crippen molar-refractivity contribution in [2.24, 2.45) is 5.84 Å². The number of carbonyl (C=O) groups excluding carboxylic acids is 1. The van der Waals surface area contributed by atoms with E-state index in [0.29, 0.717) is 5.02 Å². The predicted molar refractivity (Wildman–Crippen MR) is 71.6 cm³/mol. The molecule has 0 unspecified atom stereocenters. The Kier molecular flexibility index (Phi) is 4.31. The Morgan fingerprint density at radius 1 is 1.24 bits per heavy atom. The van der Waals surface area contributed by atoms with Gasteiger partial charge in [-0.05, 0) is 32.9 Å². The number of amides is 1. The van der Waals surface area contributed by atoms with Crippen LogP contribution in [0.1, 0.15) is 31.1 Å². The number of carbonyl (C=O) groups is 1. The molecule has 6 heteroatoms. The van der Waals surface area contributed by atoms with Crippen LogP contribution in [0, 0.1) is 0 Å². The minimum Gasteiger partial charge on any atom is -0.271 e. The number of hydrazine groups is 1. The molecule has 0 fully saturated rings. The quantitative estimate of drug-likeness (QED) is 0.371. The lowest BCUT2D eigenvalue weighted by atomic mass is 10.1. The van der Waals surface area contributed by atoms with E-state index in [2.05, 4.69) is 0 Å². The Morgan fingerprint density at radius 3 is 2.24 bits per heavy atom. The Labute approximate surface area is 115 Å². The molecule has 0 aliphatic heterocycles. The van der Waals surface area contributed by atoms with Crippen molar-refractivity contribution >= 4 is 40.7 Å². The van der Waals surface area contributed by atoms with Gasteiger partial charge in [0, 0.05) is 5.02 Å². The molecule has 0 heterocycles. The van der Waals surface area contributed by atoms with E-state index in [1.165, 1.54) is 12.1 Å². The summed E-state index contributed by atoms with van der Waals surface area (Å²) in [5.74, 6) is 5.31. The van der Waals surface area contributed by atoms with Crippen molar-refractivity contribution in [3.63, 3.8) is 0 Å². The van der Waals surface area contributed by atoms with E-state index in [0.717, 1.165) is 5.01 Å². The van der Waals surface area contributed by atoms with Crippen molar-refractivity contribution in [3.05, 3.63) is 32.8 Å². The number of nitrogens with zero attached hydrogens (tertiary/aromatic N) is 1. The average Bonchev–Trinajstić information content (AvgIpc) is 2.20. The molecule has 0 bridgehead atoms. The number of rotatable bonds is 1. The van der Waals surface area contributed by atoms with Gasteiger partial charge in [-0.3, -0.25) is 9.80 Å². The third kappa shape index (κ3) is 3.26. The summed E-state index contributed by atoms with van der Waals surface area (Å²) >= 11 is 17.6. The molecule has 1 aromatic carbocycles. The molecule has 2 N–H and O–H groups in total. The maximum atomic E-state index is 12.1. The fourth-order valence-corrected chi connectivity index (χ4v) is 1.83. The highest BCUT2D eigenvalue weighted by Crippen LogP contribution is 2.31. The van der Waals surface area contributed by atoms with Crippen molar-refractivity contribution in [1.82, 2.24) is 5.01 Å². The molecule has 1 aromatic rings. The maximum absolute atomic E-state index is 12.1. The normalized spacial score (nSPS) is 11.5. The van der Waals surface area contributed by atoms with E-state index in [1.54, 1.807) is 0 Å². The largest absolute Gasteiger partial charge is 0.271 e. The molecule has 3 nitrogen and oxygen atoms in total. The van der Waals surface area contributed by atoms with Gasteiger partial charge in [0.25, 0.3) is 5.91 Å². The molecule has 17 heavy (non-hydrogen) atoms. The molecule has 1 rings (SSSR count). The molecule has 0 aliphatic carbocycles. The lowest BCUT2D eigenvalue weighted by molar-refractivity contribution is 0.0582. The van der Waals surface area contributed by atoms with Gasteiger partial charge in [0.15, 0.2) is 0 Å². The maximum Gasteiger partial charge on any atom is 0.269 e. The summed E-state index contributed by atoms with van der Waals surface area (Å²) in [6.07, 6.45) is 0. The highest BCUT2D eigenvalue weighted by molar-refractivity contribution is 6.45. The number of hydrogen-bond donors (Lipinski definition) is 1. The van der Waals surface area contributed by atoms with Gasteiger partial charge >= 0.3 is 0 Å². The molecule has 0 saturated heterocycles. The van der Waals surface area contributed by atoms with Gasteiger partial charge in [-0.15, -0.1) is 0 Å². The first-order valence-corrected chi connectivity index (χ1v) is 6.02. The fourth-order valence-electron chi connectivity index (χ4n) is 1.15. The summed E-state index contributed by atoms with van der Waals surface area (Å²) in [4.78, 5) is 12.1. The van der Waals surface area contributed by atoms with Crippen molar-refractivity contribution in [2.45, 2.75) is 26.3 Å². The second-order valence-corrected chi connectivity index (χ2v) is 5.82. The van der Waals surface area contributed by atoms with Crippen LogP contribution in [0.4, 0.5) is 0 Å². The van der Waals surface area contributed by atoms with E-state index in [9.17, 15) is 4.79 Å². The first-order valence-electron chi connectivity index (χ1n) is 4.88. The van der Waals surface area contributed by atoms with E-state index in [4.69, 9.17) is 40.6 Å². The van der Waals surface area contributed by atoms with Gasteiger partial charge in [0.05, 0.1) is 21.1 Å². The highest BCUT2D eigenvalue weighted by Gasteiger charge is 2.26. The smallest absolute Gasteiger partial charge is 0.269 e. The zero-order valence-corrected chi connectivity index (χ0v) is 12.0. The predicted octanol–water partition coefficient (Wildman–Crippen LogP) is 3.76. The molecule has 0 atom stereocenters. The van der Waals surface area contributed by atoms with Crippen LogP contribution < -0.4 is 5.84 Å². The average molecular weight is 296 g/mol. The topological polar surface area (TPSA) is 46.3 Å². The Bertz CT molecular complexity index is 455. The Hall–Kier alpha value is -0.480. The molecule has 1 amide bonds. The van der Waals surface area contributed by atoms with E-state index >= 15 is 0 Å². The lowest BCUT2D eigenvalue weighted by Gasteiger charge is -2.31. The first-order chi connectivity index (χ1) is 7.64. The van der Waals surface area contributed by atoms with Crippen LogP contribution in [0.25, 0.3) is 0 Å². The minimum atomic E-state index is -0.519. The minimum absolute atomic E-state index is 0.153. The summed E-state index contributed by atoms with van der Waals surface area (Å²) in [6.45, 7) is 5.43. The third-order valence-corrected chi connectivity index (χ3v) is 3.19. The lowest BCUT2D eigenvalue weighted by Crippen LogP contribution is -2.50. The summed E-state index contributed by atoms with van der Waals surface area (Å²) < 4.78 is 0. The van der Waals surface area contributed by atoms with E-state index in [1.807, 2.05) is 20.8 Å². The second kappa shape index (κ2) is 5.02. The van der Waals surface area contributed by atoms with Gasteiger partial charge in [0.2, 0.25) is 0 Å². The zero-order valence-electron chi connectivity index (χ0n) is 9.72. The standard InChI is InChI=1S/C11H13Cl3N2O/c1-11(2,3)16(15)10(17)7-4-6(12)5-8(13)9(7)14/h4-5H,15H2,1-3H3. The SMILES string of the molecule is CC(C)(C)N(N)C(=O)c1cc(Cl)cc(Cl)c1Cl. The summed E-state index contributed by atoms with van der Waals surface area (Å²) in [7, 11) is 0. The zero-order chi connectivity index (χ0) is 13.4. The second-order valence-electron chi connectivity index (χ2n) is 4.60. The van der Waals surface area contributed by atoms with Crippen LogP contribution in [0.2, 0.25) is 15.1 Å². The van der Waals surface area contributed by atoms with Crippen LogP contribution >= 0.6 is 34.8 Å². The fraction of sp³-hybridized carbons (Fsp3) is 0.364. The molecule has 0 radical (unpaired) electrons. The molecule has 0 aliphatic rings. The first kappa shape index (κ1) is 14.6. The van der Waals surface area contributed by atoms with Crippen LogP contribution in [-0.4, -0.2) is 16.5 Å². The molecule has 0 spiro atoms. The Balaban J connectivity index is 3.22. The van der Waals surface area contributed by atoms with Gasteiger partial charge in [-0.25, -0.2) is 5.84 Å². The van der Waals surface area contributed by atoms with Gasteiger partial charge in [0.1, 0.15) is 0 Å². The van der Waals surface area contributed by atoms with E-state index < -0.39 is 11.4 Å². The van der Waals surface area contributed by atoms with Crippen molar-refractivity contribution in [1.29, 1.82) is 0 Å². The monoisotopic (exact) mass is 294 g/mol.